The van der Waals surface area contributed by atoms with Gasteiger partial charge in [-0.3, -0.25) is 4.79 Å². The largest absolute Gasteiger partial charge is 0.298 e. The second kappa shape index (κ2) is 5.06. The normalized spacial score (nSPS) is 15.7. The Morgan fingerprint density at radius 2 is 1.53 bits per heavy atom. The van der Waals surface area contributed by atoms with E-state index >= 15 is 0 Å². The van der Waals surface area contributed by atoms with Gasteiger partial charge in [0, 0.05) is 5.41 Å². The number of sulfonamides is 1. The molecular weight excluding hydrogens is 238 g/mol. The number of carbonyl (C=O) groups excluding carboxylic acids is 1. The van der Waals surface area contributed by atoms with Crippen molar-refractivity contribution in [2.45, 2.75) is 53.7 Å². The van der Waals surface area contributed by atoms with Crippen LogP contribution in [0.1, 0.15) is 48.5 Å². The van der Waals surface area contributed by atoms with Gasteiger partial charge in [-0.2, -0.15) is 0 Å². The average molecular weight is 263 g/mol. The first-order valence-electron chi connectivity index (χ1n) is 5.80. The van der Waals surface area contributed by atoms with E-state index in [1.165, 1.54) is 0 Å². The maximum Gasteiger partial charge on any atom is 0.215 e. The molecule has 0 rings (SSSR count). The van der Waals surface area contributed by atoms with E-state index < -0.39 is 20.7 Å². The zero-order chi connectivity index (χ0) is 14.1. The molecule has 0 aliphatic heterocycles. The molecule has 0 heterocycles. The summed E-state index contributed by atoms with van der Waals surface area (Å²) in [5, 5.41) is -0.539. The van der Waals surface area contributed by atoms with Crippen molar-refractivity contribution in [1.82, 2.24) is 4.72 Å². The van der Waals surface area contributed by atoms with Crippen LogP contribution < -0.4 is 4.72 Å². The second-order valence-corrected chi connectivity index (χ2v) is 8.63. The molecule has 0 radical (unpaired) electrons. The third-order valence-corrected chi connectivity index (χ3v) is 5.14. The topological polar surface area (TPSA) is 63.2 Å². The van der Waals surface area contributed by atoms with Crippen molar-refractivity contribution in [2.75, 3.05) is 6.54 Å². The molecule has 0 spiro atoms. The molecule has 0 fully saturated rings. The molecule has 0 saturated carbocycles. The number of Topliss-reactive ketones (excluding diaryl/α,β-unsaturated/α-hetero) is 1. The fraction of sp³-hybridized carbons (Fsp3) is 0.917. The Labute approximate surface area is 105 Å². The fourth-order valence-corrected chi connectivity index (χ4v) is 2.53. The van der Waals surface area contributed by atoms with E-state index in [1.807, 2.05) is 20.8 Å². The Morgan fingerprint density at radius 1 is 1.12 bits per heavy atom. The van der Waals surface area contributed by atoms with Gasteiger partial charge in [-0.15, -0.1) is 0 Å². The van der Waals surface area contributed by atoms with E-state index in [9.17, 15) is 13.2 Å². The third kappa shape index (κ3) is 5.17. The van der Waals surface area contributed by atoms with Crippen molar-refractivity contribution in [3.63, 3.8) is 0 Å². The van der Waals surface area contributed by atoms with E-state index in [4.69, 9.17) is 0 Å². The van der Waals surface area contributed by atoms with Crippen molar-refractivity contribution < 1.29 is 13.2 Å². The number of hydrogen-bond donors (Lipinski definition) is 1. The summed E-state index contributed by atoms with van der Waals surface area (Å²) in [6, 6.07) is 0. The van der Waals surface area contributed by atoms with Gasteiger partial charge in [0.25, 0.3) is 0 Å². The summed E-state index contributed by atoms with van der Waals surface area (Å²) in [6.45, 7) is 12.4. The van der Waals surface area contributed by atoms with Crippen LogP contribution in [0.25, 0.3) is 0 Å². The molecule has 0 aliphatic carbocycles. The van der Waals surface area contributed by atoms with Gasteiger partial charge >= 0.3 is 0 Å². The van der Waals surface area contributed by atoms with E-state index in [1.54, 1.807) is 27.7 Å². The highest BCUT2D eigenvalue weighted by Crippen LogP contribution is 2.24. The summed E-state index contributed by atoms with van der Waals surface area (Å²) >= 11 is 0. The Kier molecular flexibility index (Phi) is 4.94. The summed E-state index contributed by atoms with van der Waals surface area (Å²) in [6.07, 6.45) is 0. The van der Waals surface area contributed by atoms with Crippen LogP contribution in [0.2, 0.25) is 0 Å². The third-order valence-electron chi connectivity index (χ3n) is 2.96. The molecule has 17 heavy (non-hydrogen) atoms. The standard InChI is InChI=1S/C12H25NO3S/c1-9(11(2,3)4)17(15,16)13-8-10(14)12(5,6)7/h9,13H,8H2,1-7H3. The summed E-state index contributed by atoms with van der Waals surface area (Å²) < 4.78 is 26.3. The first-order chi connectivity index (χ1) is 7.28. The summed E-state index contributed by atoms with van der Waals surface area (Å²) in [4.78, 5) is 11.7. The van der Waals surface area contributed by atoms with E-state index in [0.29, 0.717) is 0 Å². The molecular formula is C12H25NO3S. The molecule has 1 N–H and O–H groups in total. The van der Waals surface area contributed by atoms with E-state index in [2.05, 4.69) is 4.72 Å². The van der Waals surface area contributed by atoms with Crippen LogP contribution in [-0.2, 0) is 14.8 Å². The average Bonchev–Trinajstić information content (AvgIpc) is 2.10. The van der Waals surface area contributed by atoms with Gasteiger partial charge in [-0.05, 0) is 12.3 Å². The van der Waals surface area contributed by atoms with Crippen LogP contribution in [0.15, 0.2) is 0 Å². The van der Waals surface area contributed by atoms with E-state index in [0.717, 1.165) is 0 Å². The van der Waals surface area contributed by atoms with Gasteiger partial charge in [-0.25, -0.2) is 13.1 Å². The second-order valence-electron chi connectivity index (χ2n) is 6.55. The van der Waals surface area contributed by atoms with Crippen LogP contribution >= 0.6 is 0 Å². The molecule has 4 nitrogen and oxygen atoms in total. The molecule has 5 heteroatoms. The first kappa shape index (κ1) is 16.6. The number of ketones is 1. The predicted octanol–water partition coefficient (Wildman–Crippen LogP) is 1.96. The summed E-state index contributed by atoms with van der Waals surface area (Å²) in [5.74, 6) is -0.109. The highest BCUT2D eigenvalue weighted by molar-refractivity contribution is 7.90. The maximum absolute atomic E-state index is 11.9. The van der Waals surface area contributed by atoms with Crippen LogP contribution in [0.4, 0.5) is 0 Å². The molecule has 102 valence electrons. The number of carbonyl (C=O) groups is 1. The van der Waals surface area contributed by atoms with Crippen LogP contribution in [0, 0.1) is 10.8 Å². The van der Waals surface area contributed by atoms with Gasteiger partial charge in [0.2, 0.25) is 10.0 Å². The van der Waals surface area contributed by atoms with Gasteiger partial charge in [0.1, 0.15) is 0 Å². The number of nitrogens with one attached hydrogen (secondary N) is 1. The van der Waals surface area contributed by atoms with Crippen LogP contribution in [0.3, 0.4) is 0 Å². The molecule has 0 aliphatic rings. The van der Waals surface area contributed by atoms with Crippen molar-refractivity contribution in [1.29, 1.82) is 0 Å². The van der Waals surface area contributed by atoms with Crippen LogP contribution in [-0.4, -0.2) is 26.0 Å². The van der Waals surface area contributed by atoms with Crippen molar-refractivity contribution in [2.24, 2.45) is 10.8 Å². The fourth-order valence-electron chi connectivity index (χ4n) is 1.02. The van der Waals surface area contributed by atoms with Gasteiger partial charge in [0.15, 0.2) is 5.78 Å². The van der Waals surface area contributed by atoms with Gasteiger partial charge in [0.05, 0.1) is 11.8 Å². The quantitative estimate of drug-likeness (QED) is 0.843. The predicted molar refractivity (Wildman–Crippen MR) is 70.3 cm³/mol. The minimum atomic E-state index is -3.44. The molecule has 1 atom stereocenters. The highest BCUT2D eigenvalue weighted by atomic mass is 32.2. The monoisotopic (exact) mass is 263 g/mol. The molecule has 0 bridgehead atoms. The smallest absolute Gasteiger partial charge is 0.215 e. The van der Waals surface area contributed by atoms with Crippen molar-refractivity contribution >= 4 is 15.8 Å². The van der Waals surface area contributed by atoms with Gasteiger partial charge in [-0.1, -0.05) is 41.5 Å². The molecule has 0 aromatic heterocycles. The van der Waals surface area contributed by atoms with Gasteiger partial charge < -0.3 is 0 Å². The Hall–Kier alpha value is -0.420. The number of hydrogen-bond acceptors (Lipinski definition) is 3. The summed E-state index contributed by atoms with van der Waals surface area (Å²) in [5.41, 5.74) is -0.871. The van der Waals surface area contributed by atoms with Crippen molar-refractivity contribution in [3.8, 4) is 0 Å². The molecule has 0 amide bonds. The molecule has 1 unspecified atom stereocenters. The minimum Gasteiger partial charge on any atom is -0.298 e. The molecule has 0 saturated heterocycles. The van der Waals surface area contributed by atoms with E-state index in [-0.39, 0.29) is 17.7 Å². The number of rotatable bonds is 4. The lowest BCUT2D eigenvalue weighted by Crippen LogP contribution is -2.43. The van der Waals surface area contributed by atoms with Crippen LogP contribution in [0.5, 0.6) is 0 Å². The summed E-state index contributed by atoms with van der Waals surface area (Å²) in [7, 11) is -3.44. The molecule has 0 aromatic rings. The lowest BCUT2D eigenvalue weighted by molar-refractivity contribution is -0.125. The van der Waals surface area contributed by atoms with Crippen molar-refractivity contribution in [3.05, 3.63) is 0 Å². The Balaban J connectivity index is 4.66. The zero-order valence-electron chi connectivity index (χ0n) is 11.9. The highest BCUT2D eigenvalue weighted by Gasteiger charge is 2.33. The lowest BCUT2D eigenvalue weighted by atomic mass is 9.91. The minimum absolute atomic E-state index is 0.109. The Bertz CT molecular complexity index is 372. The zero-order valence-corrected chi connectivity index (χ0v) is 12.7. The SMILES string of the molecule is CC(C(C)(C)C)S(=O)(=O)NCC(=O)C(C)(C)C. The lowest BCUT2D eigenvalue weighted by Gasteiger charge is -2.27. The maximum atomic E-state index is 11.9. The molecule has 0 aromatic carbocycles. The first-order valence-corrected chi connectivity index (χ1v) is 7.35. The Morgan fingerprint density at radius 3 is 1.82 bits per heavy atom.